The van der Waals surface area contributed by atoms with Crippen molar-refractivity contribution in [2.45, 2.75) is 0 Å². The van der Waals surface area contributed by atoms with Crippen molar-refractivity contribution in [3.8, 4) is 0 Å². The number of benzene rings is 2. The molecule has 0 bridgehead atoms. The minimum absolute atomic E-state index is 0.434. The van der Waals surface area contributed by atoms with E-state index in [-0.39, 0.29) is 0 Å². The molecule has 0 radical (unpaired) electrons. The normalized spacial score (nSPS) is 13.9. The summed E-state index contributed by atoms with van der Waals surface area (Å²) in [5, 5.41) is 2.16. The highest BCUT2D eigenvalue weighted by molar-refractivity contribution is 6.31. The zero-order chi connectivity index (χ0) is 14.8. The number of rotatable bonds is 1. The lowest BCUT2D eigenvalue weighted by Gasteiger charge is -2.12. The van der Waals surface area contributed by atoms with Crippen LogP contribution in [0.5, 0.6) is 0 Å². The molecule has 0 aromatic heterocycles. The van der Waals surface area contributed by atoms with Crippen LogP contribution >= 0.6 is 11.6 Å². The Morgan fingerprint density at radius 2 is 1.90 bits per heavy atom. The lowest BCUT2D eigenvalue weighted by molar-refractivity contribution is 0.531. The summed E-state index contributed by atoms with van der Waals surface area (Å²) < 4.78 is 0. The van der Waals surface area contributed by atoms with Crippen LogP contribution in [-0.2, 0) is 0 Å². The van der Waals surface area contributed by atoms with Crippen molar-refractivity contribution in [1.82, 2.24) is 5.01 Å². The number of fused-ring (bicyclic) bond motifs is 1. The lowest BCUT2D eigenvalue weighted by atomic mass is 10.0. The highest BCUT2D eigenvalue weighted by atomic mass is 35.5. The van der Waals surface area contributed by atoms with Gasteiger partial charge in [-0.15, -0.1) is 0 Å². The Balaban J connectivity index is 2.19. The fraction of sp³-hybridized carbons (Fsp3) is 0.125. The van der Waals surface area contributed by atoms with Gasteiger partial charge in [-0.1, -0.05) is 41.9 Å². The number of hydrogen-bond donors (Lipinski definition) is 1. The average molecular weight is 299 g/mol. The molecule has 3 rings (SSSR count). The van der Waals surface area contributed by atoms with E-state index in [0.29, 0.717) is 17.4 Å². The van der Waals surface area contributed by atoms with Crippen molar-refractivity contribution < 1.29 is 0 Å². The van der Waals surface area contributed by atoms with Gasteiger partial charge < -0.3 is 0 Å². The predicted molar refractivity (Wildman–Crippen MR) is 87.4 cm³/mol. The topological polar surface area (TPSA) is 54.0 Å². The zero-order valence-corrected chi connectivity index (χ0v) is 12.4. The minimum Gasteiger partial charge on any atom is -0.300 e. The van der Waals surface area contributed by atoms with Crippen molar-refractivity contribution in [3.63, 3.8) is 0 Å². The van der Waals surface area contributed by atoms with Gasteiger partial charge in [-0.3, -0.25) is 10.0 Å². The number of hydrazine groups is 1. The molecule has 0 saturated heterocycles. The van der Waals surface area contributed by atoms with Crippen LogP contribution < -0.4 is 5.84 Å². The third-order valence-corrected chi connectivity index (χ3v) is 3.53. The number of amidine groups is 1. The van der Waals surface area contributed by atoms with Crippen LogP contribution in [-0.4, -0.2) is 30.1 Å². The molecule has 2 N–H and O–H groups in total. The molecule has 4 nitrogen and oxygen atoms in total. The van der Waals surface area contributed by atoms with Gasteiger partial charge in [0.15, 0.2) is 0 Å². The number of aliphatic imine (C=N–C) groups is 2. The standard InChI is InChI=1S/C16H15ClN4/c1-21(18)15-10-19-16(11-5-3-2-4-6-11)13-9-12(17)7-8-14(13)20-15/h2-9H,10,18H2,1H3. The molecule has 0 atom stereocenters. The molecule has 0 amide bonds. The van der Waals surface area contributed by atoms with Gasteiger partial charge in [0.25, 0.3) is 0 Å². The summed E-state index contributed by atoms with van der Waals surface area (Å²) in [6, 6.07) is 15.6. The number of halogens is 1. The summed E-state index contributed by atoms with van der Waals surface area (Å²) in [4.78, 5) is 9.28. The van der Waals surface area contributed by atoms with Crippen LogP contribution in [0.1, 0.15) is 11.1 Å². The summed E-state index contributed by atoms with van der Waals surface area (Å²) >= 11 is 6.14. The molecule has 106 valence electrons. The summed E-state index contributed by atoms with van der Waals surface area (Å²) in [6.45, 7) is 0.434. The van der Waals surface area contributed by atoms with E-state index in [1.807, 2.05) is 48.5 Å². The molecule has 0 saturated carbocycles. The average Bonchev–Trinajstić information content (AvgIpc) is 2.67. The summed E-state index contributed by atoms with van der Waals surface area (Å²) in [5.74, 6) is 6.53. The van der Waals surface area contributed by atoms with Crippen LogP contribution in [0.4, 0.5) is 5.69 Å². The smallest absolute Gasteiger partial charge is 0.140 e. The Hall–Kier alpha value is -2.17. The quantitative estimate of drug-likeness (QED) is 0.650. The second-order valence-electron chi connectivity index (χ2n) is 4.83. The van der Waals surface area contributed by atoms with E-state index in [1.54, 1.807) is 7.05 Å². The molecule has 5 heteroatoms. The molecule has 2 aromatic carbocycles. The molecule has 1 aliphatic rings. The molecule has 0 spiro atoms. The van der Waals surface area contributed by atoms with Gasteiger partial charge in [-0.05, 0) is 18.2 Å². The number of likely N-dealkylation sites (N-methyl/N-ethyl adjacent to an activating group) is 1. The summed E-state index contributed by atoms with van der Waals surface area (Å²) in [6.07, 6.45) is 0. The lowest BCUT2D eigenvalue weighted by Crippen LogP contribution is -2.34. The van der Waals surface area contributed by atoms with Gasteiger partial charge in [0.05, 0.1) is 17.9 Å². The van der Waals surface area contributed by atoms with Gasteiger partial charge in [-0.2, -0.15) is 0 Å². The minimum atomic E-state index is 0.434. The molecule has 21 heavy (non-hydrogen) atoms. The van der Waals surface area contributed by atoms with Gasteiger partial charge in [0.1, 0.15) is 5.84 Å². The van der Waals surface area contributed by atoms with Gasteiger partial charge >= 0.3 is 0 Å². The molecule has 0 fully saturated rings. The van der Waals surface area contributed by atoms with E-state index in [0.717, 1.165) is 22.5 Å². The third-order valence-electron chi connectivity index (χ3n) is 3.30. The van der Waals surface area contributed by atoms with E-state index >= 15 is 0 Å². The van der Waals surface area contributed by atoms with E-state index < -0.39 is 0 Å². The van der Waals surface area contributed by atoms with Crippen molar-refractivity contribution in [3.05, 3.63) is 64.7 Å². The molecular weight excluding hydrogens is 284 g/mol. The Labute approximate surface area is 128 Å². The van der Waals surface area contributed by atoms with Crippen LogP contribution in [0, 0.1) is 0 Å². The first kappa shape index (κ1) is 13.8. The molecule has 0 unspecified atom stereocenters. The maximum atomic E-state index is 6.14. The van der Waals surface area contributed by atoms with Crippen LogP contribution in [0.2, 0.25) is 5.02 Å². The van der Waals surface area contributed by atoms with E-state index in [1.165, 1.54) is 5.01 Å². The maximum Gasteiger partial charge on any atom is 0.140 e. The van der Waals surface area contributed by atoms with Crippen LogP contribution in [0.3, 0.4) is 0 Å². The van der Waals surface area contributed by atoms with Gasteiger partial charge in [-0.25, -0.2) is 10.8 Å². The van der Waals surface area contributed by atoms with Crippen molar-refractivity contribution in [2.75, 3.05) is 13.6 Å². The predicted octanol–water partition coefficient (Wildman–Crippen LogP) is 3.03. The molecule has 1 heterocycles. The number of hydrogen-bond acceptors (Lipinski definition) is 4. The largest absolute Gasteiger partial charge is 0.300 e. The maximum absolute atomic E-state index is 6.14. The molecular formula is C16H15ClN4. The first-order valence-electron chi connectivity index (χ1n) is 6.61. The highest BCUT2D eigenvalue weighted by Crippen LogP contribution is 2.28. The first-order chi connectivity index (χ1) is 10.1. The van der Waals surface area contributed by atoms with E-state index in [9.17, 15) is 0 Å². The molecule has 1 aliphatic heterocycles. The fourth-order valence-electron chi connectivity index (χ4n) is 2.24. The number of nitrogens with two attached hydrogens (primary N) is 1. The van der Waals surface area contributed by atoms with Gasteiger partial charge in [0, 0.05) is 23.2 Å². The zero-order valence-electron chi connectivity index (χ0n) is 11.6. The summed E-state index contributed by atoms with van der Waals surface area (Å²) in [5.41, 5.74) is 3.67. The first-order valence-corrected chi connectivity index (χ1v) is 6.99. The monoisotopic (exact) mass is 298 g/mol. The van der Waals surface area contributed by atoms with Crippen LogP contribution in [0.25, 0.3) is 0 Å². The Bertz CT molecular complexity index is 720. The Morgan fingerprint density at radius 1 is 1.14 bits per heavy atom. The second-order valence-corrected chi connectivity index (χ2v) is 5.27. The van der Waals surface area contributed by atoms with Crippen molar-refractivity contribution in [2.24, 2.45) is 15.8 Å². The Kier molecular flexibility index (Phi) is 3.73. The molecule has 2 aromatic rings. The van der Waals surface area contributed by atoms with E-state index in [2.05, 4.69) is 9.98 Å². The Morgan fingerprint density at radius 3 is 2.62 bits per heavy atom. The second kappa shape index (κ2) is 5.68. The van der Waals surface area contributed by atoms with Crippen LogP contribution in [0.15, 0.2) is 58.5 Å². The van der Waals surface area contributed by atoms with E-state index in [4.69, 9.17) is 17.4 Å². The van der Waals surface area contributed by atoms with Crippen molar-refractivity contribution >= 4 is 28.8 Å². The molecule has 0 aliphatic carbocycles. The SMILES string of the molecule is CN(N)C1=Nc2ccc(Cl)cc2C(c2ccccc2)=NC1. The number of nitrogens with zero attached hydrogens (tertiary/aromatic N) is 3. The summed E-state index contributed by atoms with van der Waals surface area (Å²) in [7, 11) is 1.76. The third kappa shape index (κ3) is 2.82. The van der Waals surface area contributed by atoms with Crippen molar-refractivity contribution in [1.29, 1.82) is 0 Å². The fourth-order valence-corrected chi connectivity index (χ4v) is 2.41. The van der Waals surface area contributed by atoms with Gasteiger partial charge in [0.2, 0.25) is 0 Å². The highest BCUT2D eigenvalue weighted by Gasteiger charge is 2.17.